The van der Waals surface area contributed by atoms with Crippen molar-refractivity contribution < 1.29 is 10.1 Å². The number of nitrogens with one attached hydrogen (secondary N) is 1. The summed E-state index contributed by atoms with van der Waals surface area (Å²) in [6.07, 6.45) is 0. The molecule has 0 atom stereocenters. The Morgan fingerprint density at radius 1 is 1.33 bits per heavy atom. The van der Waals surface area contributed by atoms with Gasteiger partial charge in [-0.15, -0.1) is 0 Å². The first kappa shape index (κ1) is 5.82. The lowest BCUT2D eigenvalue weighted by Crippen LogP contribution is -2.57. The largest absolute Gasteiger partial charge is 0.502 e. The molecule has 2 heteroatoms. The van der Waals surface area contributed by atoms with E-state index in [1.54, 1.807) is 18.2 Å². The van der Waals surface area contributed by atoms with Gasteiger partial charge in [-0.1, -0.05) is 12.1 Å². The minimum atomic E-state index is 0.229. The van der Waals surface area contributed by atoms with Crippen LogP contribution in [0.25, 0.3) is 0 Å². The zero-order valence-electron chi connectivity index (χ0n) is 4.96. The normalized spacial score (nSPS) is 8.89. The number of aromatic hydroxyl groups is 1. The predicted octanol–water partition coefficient (Wildman–Crippen LogP) is -0.195. The lowest BCUT2D eigenvalue weighted by molar-refractivity contribution is -0.343. The molecule has 0 amide bonds. The first-order chi connectivity index (χ1) is 4.34. The summed E-state index contributed by atoms with van der Waals surface area (Å²) < 4.78 is 0. The van der Waals surface area contributed by atoms with Gasteiger partial charge in [0.1, 0.15) is 6.72 Å². The number of phenolic OH excluding ortho intramolecular Hbond substituents is 1. The van der Waals surface area contributed by atoms with E-state index in [1.807, 2.05) is 6.07 Å². The van der Waals surface area contributed by atoms with Crippen LogP contribution in [0.3, 0.4) is 0 Å². The average Bonchev–Trinajstić information content (AvgIpc) is 1.89. The van der Waals surface area contributed by atoms with Crippen molar-refractivity contribution in [2.45, 2.75) is 0 Å². The van der Waals surface area contributed by atoms with Gasteiger partial charge in [-0.25, -0.2) is 4.99 Å². The molecule has 2 nitrogen and oxygen atoms in total. The highest BCUT2D eigenvalue weighted by atomic mass is 16.3. The summed E-state index contributed by atoms with van der Waals surface area (Å²) in [5, 5.41) is 9.01. The summed E-state index contributed by atoms with van der Waals surface area (Å²) >= 11 is 0. The SMILES string of the molecule is C=[NH+]c1ccccc1O. The highest BCUT2D eigenvalue weighted by Crippen LogP contribution is 2.14. The monoisotopic (exact) mass is 122 g/mol. The van der Waals surface area contributed by atoms with Crippen molar-refractivity contribution in [3.63, 3.8) is 0 Å². The van der Waals surface area contributed by atoms with Gasteiger partial charge in [0, 0.05) is 6.07 Å². The quantitative estimate of drug-likeness (QED) is 0.393. The lowest BCUT2D eigenvalue weighted by Gasteiger charge is -1.87. The van der Waals surface area contributed by atoms with Crippen molar-refractivity contribution in [3.8, 4) is 5.75 Å². The Kier molecular flexibility index (Phi) is 1.49. The Hall–Kier alpha value is -1.31. The van der Waals surface area contributed by atoms with Gasteiger partial charge < -0.3 is 5.11 Å². The van der Waals surface area contributed by atoms with E-state index < -0.39 is 0 Å². The maximum absolute atomic E-state index is 9.01. The minimum Gasteiger partial charge on any atom is -0.502 e. The van der Waals surface area contributed by atoms with Gasteiger partial charge in [-0.3, -0.25) is 0 Å². The van der Waals surface area contributed by atoms with E-state index in [1.165, 1.54) is 0 Å². The summed E-state index contributed by atoms with van der Waals surface area (Å²) in [5.41, 5.74) is 0.650. The maximum Gasteiger partial charge on any atom is 0.245 e. The molecule has 0 fully saturated rings. The predicted molar refractivity (Wildman–Crippen MR) is 35.9 cm³/mol. The van der Waals surface area contributed by atoms with Crippen LogP contribution in [-0.2, 0) is 0 Å². The van der Waals surface area contributed by atoms with E-state index in [-0.39, 0.29) is 5.75 Å². The van der Waals surface area contributed by atoms with E-state index in [0.717, 1.165) is 0 Å². The fourth-order valence-electron chi connectivity index (χ4n) is 0.623. The topological polar surface area (TPSA) is 34.2 Å². The highest BCUT2D eigenvalue weighted by molar-refractivity contribution is 5.44. The van der Waals surface area contributed by atoms with E-state index in [2.05, 4.69) is 11.7 Å². The van der Waals surface area contributed by atoms with Crippen molar-refractivity contribution in [1.29, 1.82) is 0 Å². The average molecular weight is 122 g/mol. The van der Waals surface area contributed by atoms with Gasteiger partial charge >= 0.3 is 0 Å². The number of phenols is 1. The van der Waals surface area contributed by atoms with Crippen molar-refractivity contribution in [2.24, 2.45) is 0 Å². The van der Waals surface area contributed by atoms with Crippen LogP contribution in [0.4, 0.5) is 5.69 Å². The van der Waals surface area contributed by atoms with Crippen LogP contribution in [0.15, 0.2) is 24.3 Å². The standard InChI is InChI=1S/C7H7NO/c1-8-6-4-2-3-5-7(6)9/h2-5,9H,1H2/p+1. The van der Waals surface area contributed by atoms with Gasteiger partial charge in [0.05, 0.1) is 0 Å². The van der Waals surface area contributed by atoms with E-state index in [0.29, 0.717) is 5.69 Å². The Morgan fingerprint density at radius 2 is 2.00 bits per heavy atom. The molecular formula is C7H8NO+. The molecule has 0 saturated heterocycles. The molecule has 0 spiro atoms. The van der Waals surface area contributed by atoms with Gasteiger partial charge in [0.15, 0.2) is 5.75 Å². The molecule has 0 radical (unpaired) electrons. The lowest BCUT2D eigenvalue weighted by atomic mass is 10.3. The number of hydrogen-bond acceptors (Lipinski definition) is 1. The fourth-order valence-corrected chi connectivity index (χ4v) is 0.623. The molecule has 0 bridgehead atoms. The van der Waals surface area contributed by atoms with Crippen molar-refractivity contribution in [2.75, 3.05) is 0 Å². The zero-order chi connectivity index (χ0) is 6.69. The van der Waals surface area contributed by atoms with Crippen molar-refractivity contribution in [1.82, 2.24) is 0 Å². The van der Waals surface area contributed by atoms with Crippen molar-refractivity contribution >= 4 is 12.4 Å². The summed E-state index contributed by atoms with van der Waals surface area (Å²) in [5.74, 6) is 0.229. The van der Waals surface area contributed by atoms with Crippen LogP contribution in [0.1, 0.15) is 0 Å². The Balaban J connectivity index is 3.15. The van der Waals surface area contributed by atoms with Gasteiger partial charge in [-0.05, 0) is 6.07 Å². The summed E-state index contributed by atoms with van der Waals surface area (Å²) in [6.45, 7) is 3.41. The molecule has 0 aliphatic rings. The Morgan fingerprint density at radius 3 is 2.44 bits per heavy atom. The van der Waals surface area contributed by atoms with Crippen molar-refractivity contribution in [3.05, 3.63) is 24.3 Å². The second-order valence-electron chi connectivity index (χ2n) is 1.69. The number of para-hydroxylation sites is 2. The van der Waals surface area contributed by atoms with E-state index in [4.69, 9.17) is 5.11 Å². The molecule has 1 aromatic carbocycles. The van der Waals surface area contributed by atoms with Crippen LogP contribution < -0.4 is 4.99 Å². The molecule has 9 heavy (non-hydrogen) atoms. The van der Waals surface area contributed by atoms with E-state index in [9.17, 15) is 0 Å². The van der Waals surface area contributed by atoms with Crippen LogP contribution in [0.2, 0.25) is 0 Å². The van der Waals surface area contributed by atoms with Gasteiger partial charge in [0.25, 0.3) is 0 Å². The van der Waals surface area contributed by atoms with Gasteiger partial charge in [-0.2, -0.15) is 0 Å². The third-order valence-corrected chi connectivity index (χ3v) is 1.09. The number of benzene rings is 1. The minimum absolute atomic E-state index is 0.229. The molecule has 1 aromatic rings. The van der Waals surface area contributed by atoms with Crippen LogP contribution in [0.5, 0.6) is 5.75 Å². The molecule has 0 heterocycles. The third-order valence-electron chi connectivity index (χ3n) is 1.09. The first-order valence-corrected chi connectivity index (χ1v) is 2.65. The number of hydrogen-bond donors (Lipinski definition) is 2. The van der Waals surface area contributed by atoms with E-state index >= 15 is 0 Å². The molecule has 46 valence electrons. The summed E-state index contributed by atoms with van der Waals surface area (Å²) in [6, 6.07) is 6.94. The highest BCUT2D eigenvalue weighted by Gasteiger charge is 1.97. The molecular weight excluding hydrogens is 114 g/mol. The summed E-state index contributed by atoms with van der Waals surface area (Å²) in [4.78, 5) is 2.60. The molecule has 0 unspecified atom stereocenters. The molecule has 2 N–H and O–H groups in total. The Bertz CT molecular complexity index is 220. The molecule has 1 rings (SSSR count). The third kappa shape index (κ3) is 1.08. The number of rotatable bonds is 1. The van der Waals surface area contributed by atoms with Crippen LogP contribution >= 0.6 is 0 Å². The Labute approximate surface area is 53.5 Å². The second-order valence-corrected chi connectivity index (χ2v) is 1.69. The smallest absolute Gasteiger partial charge is 0.245 e. The fraction of sp³-hybridized carbons (Fsp3) is 0. The first-order valence-electron chi connectivity index (χ1n) is 2.65. The van der Waals surface area contributed by atoms with Gasteiger partial charge in [0.2, 0.25) is 5.69 Å². The maximum atomic E-state index is 9.01. The molecule has 0 aliphatic heterocycles. The van der Waals surface area contributed by atoms with Crippen LogP contribution in [0, 0.1) is 0 Å². The molecule has 0 saturated carbocycles. The summed E-state index contributed by atoms with van der Waals surface area (Å²) in [7, 11) is 0. The molecule has 0 aliphatic carbocycles. The van der Waals surface area contributed by atoms with Crippen LogP contribution in [-0.4, -0.2) is 11.8 Å². The zero-order valence-corrected chi connectivity index (χ0v) is 4.96. The second kappa shape index (κ2) is 2.31. The molecule has 0 aromatic heterocycles.